The van der Waals surface area contributed by atoms with Crippen molar-refractivity contribution in [3.63, 3.8) is 0 Å². The largest absolute Gasteiger partial charge is 0.378 e. The molecular weight excluding hydrogens is 438 g/mol. The van der Waals surface area contributed by atoms with Crippen molar-refractivity contribution < 1.29 is 9.59 Å². The second kappa shape index (κ2) is 9.99. The fourth-order valence-corrected chi connectivity index (χ4v) is 5.98. The minimum atomic E-state index is -0.153. The summed E-state index contributed by atoms with van der Waals surface area (Å²) in [6.07, 6.45) is 3.15. The number of likely N-dealkylation sites (N-methyl/N-ethyl adjacent to an activating group) is 1. The highest BCUT2D eigenvalue weighted by atomic mass is 16.2. The molecule has 2 amide bonds. The van der Waals surface area contributed by atoms with Crippen LogP contribution in [-0.2, 0) is 22.6 Å². The average molecular weight is 476 g/mol. The molecule has 2 saturated heterocycles. The molecule has 0 spiro atoms. The number of hydrogen-bond acceptors (Lipinski definition) is 5. The van der Waals surface area contributed by atoms with E-state index < -0.39 is 0 Å². The predicted molar refractivity (Wildman–Crippen MR) is 140 cm³/mol. The molecule has 5 rings (SSSR count). The maximum absolute atomic E-state index is 13.2. The van der Waals surface area contributed by atoms with Crippen molar-refractivity contribution in [2.75, 3.05) is 50.6 Å². The summed E-state index contributed by atoms with van der Waals surface area (Å²) in [5.74, 6) is 0.302. The highest BCUT2D eigenvalue weighted by Crippen LogP contribution is 2.31. The molecule has 1 N–H and O–H groups in total. The summed E-state index contributed by atoms with van der Waals surface area (Å²) in [4.78, 5) is 34.9. The highest BCUT2D eigenvalue weighted by Gasteiger charge is 2.45. The van der Waals surface area contributed by atoms with Crippen LogP contribution in [0.5, 0.6) is 0 Å². The Kier molecular flexibility index (Phi) is 6.80. The van der Waals surface area contributed by atoms with Crippen molar-refractivity contribution in [3.8, 4) is 0 Å². The lowest BCUT2D eigenvalue weighted by Gasteiger charge is -2.33. The first-order chi connectivity index (χ1) is 16.9. The fourth-order valence-electron chi connectivity index (χ4n) is 5.98. The molecule has 0 aromatic heterocycles. The van der Waals surface area contributed by atoms with E-state index in [2.05, 4.69) is 57.4 Å². The van der Waals surface area contributed by atoms with Crippen molar-refractivity contribution in [1.29, 1.82) is 0 Å². The summed E-state index contributed by atoms with van der Waals surface area (Å²) in [6, 6.07) is 17.0. The van der Waals surface area contributed by atoms with Gasteiger partial charge in [0.05, 0.1) is 0 Å². The maximum Gasteiger partial charge on any atom is 0.239 e. The molecule has 0 unspecified atom stereocenters. The number of nitrogens with one attached hydrogen (secondary N) is 1. The number of nitrogens with zero attached hydrogens (tertiary/aromatic N) is 4. The van der Waals surface area contributed by atoms with Gasteiger partial charge in [0.2, 0.25) is 11.8 Å². The van der Waals surface area contributed by atoms with E-state index in [1.165, 1.54) is 16.8 Å². The van der Waals surface area contributed by atoms with Gasteiger partial charge in [0, 0.05) is 70.2 Å². The lowest BCUT2D eigenvalue weighted by molar-refractivity contribution is -0.126. The predicted octanol–water partition coefficient (Wildman–Crippen LogP) is 2.50. The number of carbonyl (C=O) groups is 2. The number of likely N-dealkylation sites (tertiary alicyclic amines) is 1. The third kappa shape index (κ3) is 4.80. The van der Waals surface area contributed by atoms with Gasteiger partial charge in [-0.25, -0.2) is 0 Å². The molecule has 35 heavy (non-hydrogen) atoms. The summed E-state index contributed by atoms with van der Waals surface area (Å²) in [5.41, 5.74) is 4.72. The molecule has 3 atom stereocenters. The van der Waals surface area contributed by atoms with Crippen molar-refractivity contribution in [2.24, 2.45) is 0 Å². The Morgan fingerprint density at radius 1 is 1.09 bits per heavy atom. The molecule has 7 heteroatoms. The zero-order chi connectivity index (χ0) is 24.5. The number of para-hydroxylation sites is 1. The first-order valence-corrected chi connectivity index (χ1v) is 12.8. The van der Waals surface area contributed by atoms with Gasteiger partial charge >= 0.3 is 0 Å². The van der Waals surface area contributed by atoms with E-state index in [1.807, 2.05) is 37.2 Å². The number of benzene rings is 2. The van der Waals surface area contributed by atoms with Gasteiger partial charge in [-0.15, -0.1) is 0 Å². The normalized spacial score (nSPS) is 24.6. The van der Waals surface area contributed by atoms with Crippen molar-refractivity contribution >= 4 is 23.2 Å². The van der Waals surface area contributed by atoms with Gasteiger partial charge in [-0.3, -0.25) is 19.4 Å². The van der Waals surface area contributed by atoms with Crippen LogP contribution < -0.4 is 15.1 Å². The number of fused-ring (bicyclic) bond motifs is 2. The Hall–Kier alpha value is -2.90. The smallest absolute Gasteiger partial charge is 0.239 e. The Labute approximate surface area is 208 Å². The first kappa shape index (κ1) is 23.8. The van der Waals surface area contributed by atoms with Crippen LogP contribution in [0.15, 0.2) is 48.5 Å². The van der Waals surface area contributed by atoms with Crippen LogP contribution >= 0.6 is 0 Å². The van der Waals surface area contributed by atoms with Crippen LogP contribution in [0, 0.1) is 0 Å². The van der Waals surface area contributed by atoms with Crippen LogP contribution in [0.1, 0.15) is 30.4 Å². The minimum absolute atomic E-state index is 0.117. The molecule has 0 bridgehead atoms. The molecule has 0 saturated carbocycles. The quantitative estimate of drug-likeness (QED) is 0.696. The van der Waals surface area contributed by atoms with E-state index >= 15 is 0 Å². The Balaban J connectivity index is 1.21. The summed E-state index contributed by atoms with van der Waals surface area (Å²) in [6.45, 7) is 3.04. The average Bonchev–Trinajstić information content (AvgIpc) is 3.45. The first-order valence-electron chi connectivity index (χ1n) is 12.8. The summed E-state index contributed by atoms with van der Waals surface area (Å²) < 4.78 is 0. The third-order valence-electron chi connectivity index (χ3n) is 8.07. The second-order valence-corrected chi connectivity index (χ2v) is 10.4. The summed E-state index contributed by atoms with van der Waals surface area (Å²) >= 11 is 0. The fraction of sp³-hybridized carbons (Fsp3) is 0.500. The van der Waals surface area contributed by atoms with Crippen molar-refractivity contribution in [2.45, 2.75) is 50.4 Å². The van der Waals surface area contributed by atoms with Gasteiger partial charge in [0.15, 0.2) is 0 Å². The van der Waals surface area contributed by atoms with Crippen LogP contribution in [-0.4, -0.2) is 80.5 Å². The molecule has 2 fully saturated rings. The summed E-state index contributed by atoms with van der Waals surface area (Å²) in [5, 5.41) is 3.19. The summed E-state index contributed by atoms with van der Waals surface area (Å²) in [7, 11) is 6.22. The van der Waals surface area contributed by atoms with E-state index in [0.29, 0.717) is 13.0 Å². The Morgan fingerprint density at radius 3 is 2.63 bits per heavy atom. The number of amides is 2. The third-order valence-corrected chi connectivity index (χ3v) is 8.07. The van der Waals surface area contributed by atoms with Gasteiger partial charge in [-0.1, -0.05) is 30.3 Å². The van der Waals surface area contributed by atoms with Crippen LogP contribution in [0.2, 0.25) is 0 Å². The molecule has 2 aromatic carbocycles. The molecule has 186 valence electrons. The number of hydrogen-bond donors (Lipinski definition) is 1. The Morgan fingerprint density at radius 2 is 1.86 bits per heavy atom. The highest BCUT2D eigenvalue weighted by molar-refractivity contribution is 5.95. The van der Waals surface area contributed by atoms with E-state index in [9.17, 15) is 9.59 Å². The van der Waals surface area contributed by atoms with Crippen molar-refractivity contribution in [1.82, 2.24) is 15.1 Å². The topological polar surface area (TPSA) is 59.1 Å². The van der Waals surface area contributed by atoms with Crippen molar-refractivity contribution in [3.05, 3.63) is 59.7 Å². The van der Waals surface area contributed by atoms with E-state index in [-0.39, 0.29) is 29.9 Å². The maximum atomic E-state index is 13.2. The number of rotatable bonds is 6. The van der Waals surface area contributed by atoms with E-state index in [0.717, 1.165) is 44.6 Å². The molecular formula is C28H37N5O2. The number of carbonyl (C=O) groups excluding carboxylic acids is 2. The number of anilines is 2. The molecule has 3 aliphatic rings. The minimum Gasteiger partial charge on any atom is -0.378 e. The lowest BCUT2D eigenvalue weighted by Crippen LogP contribution is -2.49. The zero-order valence-electron chi connectivity index (χ0n) is 21.1. The molecule has 3 heterocycles. The van der Waals surface area contributed by atoms with Crippen LogP contribution in [0.3, 0.4) is 0 Å². The molecule has 7 nitrogen and oxygen atoms in total. The standard InChI is InChI=1S/C28H37N5O2/c1-30(2)22-10-8-20(9-11-22)19-32-16-15-25-27(32)28(35)29-18-23(31(25)3)12-13-26(34)33-17-14-21-6-4-5-7-24(21)33/h4-11,23,25,27H,12-19H2,1-3H3,(H,29,35)/t23-,25+,27-/m0/s1. The SMILES string of the molecule is CN(C)c1ccc(CN2CC[C@@H]3[C@H]2C(=O)NC[C@H](CCC(=O)N2CCc4ccccc42)N3C)cc1. The van der Waals surface area contributed by atoms with Gasteiger partial charge in [-0.05, 0) is 55.6 Å². The van der Waals surface area contributed by atoms with Gasteiger partial charge in [0.1, 0.15) is 6.04 Å². The molecule has 0 aliphatic carbocycles. The van der Waals surface area contributed by atoms with Gasteiger partial charge in [-0.2, -0.15) is 0 Å². The van der Waals surface area contributed by atoms with E-state index in [4.69, 9.17) is 0 Å². The second-order valence-electron chi connectivity index (χ2n) is 10.4. The van der Waals surface area contributed by atoms with Crippen LogP contribution in [0.25, 0.3) is 0 Å². The lowest BCUT2D eigenvalue weighted by atomic mass is 10.0. The van der Waals surface area contributed by atoms with Gasteiger partial charge in [0.25, 0.3) is 0 Å². The van der Waals surface area contributed by atoms with E-state index in [1.54, 1.807) is 0 Å². The molecule has 0 radical (unpaired) electrons. The monoisotopic (exact) mass is 475 g/mol. The molecule has 2 aromatic rings. The van der Waals surface area contributed by atoms with Crippen LogP contribution in [0.4, 0.5) is 11.4 Å². The zero-order valence-corrected chi connectivity index (χ0v) is 21.1. The van der Waals surface area contributed by atoms with Gasteiger partial charge < -0.3 is 15.1 Å². The molecule has 3 aliphatic heterocycles. The Bertz CT molecular complexity index is 1070.